The zero-order valence-corrected chi connectivity index (χ0v) is 35.6. The third-order valence-corrected chi connectivity index (χ3v) is 13.2. The van der Waals surface area contributed by atoms with Crippen LogP contribution < -0.4 is 0 Å². The lowest BCUT2D eigenvalue weighted by Crippen LogP contribution is -2.28. The Balaban J connectivity index is 0.974. The van der Waals surface area contributed by atoms with Crippen LogP contribution in [-0.2, 0) is 5.41 Å². The molecule has 10 aromatic carbocycles. The van der Waals surface area contributed by atoms with Crippen molar-refractivity contribution >= 4 is 10.8 Å². The average Bonchev–Trinajstić information content (AvgIpc) is 3.70. The number of fused-ring (bicyclic) bond motifs is 4. The van der Waals surface area contributed by atoms with E-state index in [-0.39, 0.29) is 0 Å². The maximum atomic E-state index is 5.28. The molecule has 11 aromatic rings. The molecule has 2 heteroatoms. The van der Waals surface area contributed by atoms with Gasteiger partial charge in [-0.3, -0.25) is 0 Å². The van der Waals surface area contributed by atoms with Gasteiger partial charge in [-0.2, -0.15) is 0 Å². The van der Waals surface area contributed by atoms with Crippen molar-refractivity contribution in [1.29, 1.82) is 0 Å². The summed E-state index contributed by atoms with van der Waals surface area (Å²) in [6.45, 7) is 0. The SMILES string of the molecule is c1ccc(-c2nc(-c3ccccc3-c3ccccc3)cc(-c3ccc(-c4ccc(-c5cccc6c5-c5ccccc5C6(c5ccccc5)c5ccccc5)cc4)c4ccccc34)n2)cc1. The second-order valence-electron chi connectivity index (χ2n) is 16.8. The minimum atomic E-state index is -0.442. The molecule has 12 rings (SSSR count). The molecule has 0 fully saturated rings. The first kappa shape index (κ1) is 38.2. The average molecular weight is 827 g/mol. The van der Waals surface area contributed by atoms with E-state index in [1.54, 1.807) is 0 Å². The Hall–Kier alpha value is -8.46. The molecule has 1 aromatic heterocycles. The van der Waals surface area contributed by atoms with E-state index in [4.69, 9.17) is 9.97 Å². The third kappa shape index (κ3) is 6.41. The number of aromatic nitrogens is 2. The third-order valence-electron chi connectivity index (χ3n) is 13.2. The van der Waals surface area contributed by atoms with Gasteiger partial charge in [0.05, 0.1) is 16.8 Å². The van der Waals surface area contributed by atoms with Crippen LogP contribution in [0, 0.1) is 0 Å². The predicted octanol–water partition coefficient (Wildman–Crippen LogP) is 16.0. The summed E-state index contributed by atoms with van der Waals surface area (Å²) in [5, 5.41) is 2.32. The Kier molecular flexibility index (Phi) is 9.43. The standard InChI is InChI=1S/C63H42N2/c1-5-20-43(21-6-1)49-28-13-16-31-54(49)59-42-60(65-62(64-59)46-22-7-2-8-23-46)55-41-40-50(52-29-14-15-30-53(52)55)44-36-38-45(39-37-44)51-33-19-35-58-61(51)56-32-17-18-34-57(56)63(58,47-24-9-3-10-25-47)48-26-11-4-12-27-48/h1-42H. The molecule has 1 aliphatic rings. The number of benzene rings is 10. The lowest BCUT2D eigenvalue weighted by atomic mass is 9.67. The largest absolute Gasteiger partial charge is 0.228 e. The topological polar surface area (TPSA) is 25.8 Å². The highest BCUT2D eigenvalue weighted by Crippen LogP contribution is 2.58. The predicted molar refractivity (Wildman–Crippen MR) is 269 cm³/mol. The Morgan fingerprint density at radius 1 is 0.262 bits per heavy atom. The van der Waals surface area contributed by atoms with Gasteiger partial charge in [-0.05, 0) is 83.6 Å². The van der Waals surface area contributed by atoms with Crippen molar-refractivity contribution in [3.8, 4) is 78.4 Å². The zero-order valence-electron chi connectivity index (χ0n) is 35.6. The van der Waals surface area contributed by atoms with Crippen LogP contribution in [0.2, 0.25) is 0 Å². The van der Waals surface area contributed by atoms with Crippen molar-refractivity contribution in [3.63, 3.8) is 0 Å². The van der Waals surface area contributed by atoms with Crippen molar-refractivity contribution in [2.75, 3.05) is 0 Å². The van der Waals surface area contributed by atoms with Gasteiger partial charge in [-0.15, -0.1) is 0 Å². The van der Waals surface area contributed by atoms with Gasteiger partial charge in [0, 0.05) is 16.7 Å². The summed E-state index contributed by atoms with van der Waals surface area (Å²) in [5.74, 6) is 0.699. The van der Waals surface area contributed by atoms with E-state index in [0.717, 1.165) is 50.2 Å². The van der Waals surface area contributed by atoms with E-state index in [0.29, 0.717) is 5.82 Å². The van der Waals surface area contributed by atoms with E-state index < -0.39 is 5.41 Å². The first-order valence-corrected chi connectivity index (χ1v) is 22.3. The Labute approximate surface area is 379 Å². The molecule has 0 bridgehead atoms. The molecule has 0 N–H and O–H groups in total. The van der Waals surface area contributed by atoms with E-state index in [1.807, 2.05) is 18.2 Å². The van der Waals surface area contributed by atoms with Gasteiger partial charge in [-0.25, -0.2) is 9.97 Å². The molecule has 0 amide bonds. The highest BCUT2D eigenvalue weighted by Gasteiger charge is 2.46. The molecule has 65 heavy (non-hydrogen) atoms. The van der Waals surface area contributed by atoms with Crippen molar-refractivity contribution < 1.29 is 0 Å². The van der Waals surface area contributed by atoms with Crippen LogP contribution in [0.15, 0.2) is 255 Å². The van der Waals surface area contributed by atoms with Crippen LogP contribution in [0.25, 0.3) is 89.2 Å². The summed E-state index contributed by atoms with van der Waals surface area (Å²) in [6.07, 6.45) is 0. The summed E-state index contributed by atoms with van der Waals surface area (Å²) >= 11 is 0. The van der Waals surface area contributed by atoms with Gasteiger partial charge >= 0.3 is 0 Å². The first-order valence-electron chi connectivity index (χ1n) is 22.3. The lowest BCUT2D eigenvalue weighted by Gasteiger charge is -2.34. The minimum Gasteiger partial charge on any atom is -0.228 e. The van der Waals surface area contributed by atoms with Crippen molar-refractivity contribution in [1.82, 2.24) is 9.97 Å². The second-order valence-corrected chi connectivity index (χ2v) is 16.8. The molecule has 0 saturated heterocycles. The van der Waals surface area contributed by atoms with Crippen LogP contribution in [0.5, 0.6) is 0 Å². The fourth-order valence-electron chi connectivity index (χ4n) is 10.4. The maximum Gasteiger partial charge on any atom is 0.160 e. The minimum absolute atomic E-state index is 0.442. The lowest BCUT2D eigenvalue weighted by molar-refractivity contribution is 0.768. The number of hydrogen-bond acceptors (Lipinski definition) is 2. The van der Waals surface area contributed by atoms with Crippen LogP contribution in [0.3, 0.4) is 0 Å². The van der Waals surface area contributed by atoms with E-state index in [9.17, 15) is 0 Å². The van der Waals surface area contributed by atoms with Gasteiger partial charge in [0.25, 0.3) is 0 Å². The summed E-state index contributed by atoms with van der Waals surface area (Å²) in [4.78, 5) is 10.5. The van der Waals surface area contributed by atoms with Crippen LogP contribution >= 0.6 is 0 Å². The molecule has 0 atom stereocenters. The molecule has 0 aliphatic heterocycles. The molecular formula is C63H42N2. The molecule has 304 valence electrons. The Morgan fingerprint density at radius 2 is 0.692 bits per heavy atom. The molecule has 0 radical (unpaired) electrons. The van der Waals surface area contributed by atoms with Gasteiger partial charge < -0.3 is 0 Å². The van der Waals surface area contributed by atoms with Gasteiger partial charge in [0.2, 0.25) is 0 Å². The summed E-state index contributed by atoms with van der Waals surface area (Å²) in [7, 11) is 0. The molecule has 1 aliphatic carbocycles. The molecular weight excluding hydrogens is 785 g/mol. The maximum absolute atomic E-state index is 5.28. The zero-order chi connectivity index (χ0) is 43.2. The van der Waals surface area contributed by atoms with Gasteiger partial charge in [0.15, 0.2) is 5.82 Å². The van der Waals surface area contributed by atoms with E-state index in [2.05, 4.69) is 237 Å². The quantitative estimate of drug-likeness (QED) is 0.152. The summed E-state index contributed by atoms with van der Waals surface area (Å²) in [5.41, 5.74) is 19.2. The Bertz CT molecular complexity index is 3470. The Morgan fingerprint density at radius 3 is 1.34 bits per heavy atom. The van der Waals surface area contributed by atoms with Crippen molar-refractivity contribution in [2.45, 2.75) is 5.41 Å². The molecule has 1 heterocycles. The van der Waals surface area contributed by atoms with Crippen LogP contribution in [0.4, 0.5) is 0 Å². The van der Waals surface area contributed by atoms with Crippen LogP contribution in [0.1, 0.15) is 22.3 Å². The first-order chi connectivity index (χ1) is 32.3. The number of hydrogen-bond donors (Lipinski definition) is 0. The van der Waals surface area contributed by atoms with Gasteiger partial charge in [0.1, 0.15) is 0 Å². The highest BCUT2D eigenvalue weighted by molar-refractivity contribution is 6.05. The fourth-order valence-corrected chi connectivity index (χ4v) is 10.4. The normalized spacial score (nSPS) is 12.4. The van der Waals surface area contributed by atoms with E-state index >= 15 is 0 Å². The number of rotatable bonds is 8. The summed E-state index contributed by atoms with van der Waals surface area (Å²) < 4.78 is 0. The fraction of sp³-hybridized carbons (Fsp3) is 0.0159. The van der Waals surface area contributed by atoms with E-state index in [1.165, 1.54) is 55.5 Å². The molecule has 0 unspecified atom stereocenters. The highest BCUT2D eigenvalue weighted by atomic mass is 14.9. The van der Waals surface area contributed by atoms with Crippen LogP contribution in [-0.4, -0.2) is 9.97 Å². The van der Waals surface area contributed by atoms with Gasteiger partial charge in [-0.1, -0.05) is 249 Å². The van der Waals surface area contributed by atoms with Crippen molar-refractivity contribution in [3.05, 3.63) is 277 Å². The summed E-state index contributed by atoms with van der Waals surface area (Å²) in [6, 6.07) is 91.8. The molecule has 0 spiro atoms. The molecule has 0 saturated carbocycles. The second kappa shape index (κ2) is 16.0. The number of nitrogens with zero attached hydrogens (tertiary/aromatic N) is 2. The van der Waals surface area contributed by atoms with Crippen molar-refractivity contribution in [2.24, 2.45) is 0 Å². The smallest absolute Gasteiger partial charge is 0.160 e. The molecule has 2 nitrogen and oxygen atoms in total. The monoisotopic (exact) mass is 826 g/mol.